The number of fused-ring (bicyclic) bond motifs is 1. The third-order valence-electron chi connectivity index (χ3n) is 4.30. The summed E-state index contributed by atoms with van der Waals surface area (Å²) in [5, 5.41) is 4.66. The molecule has 0 spiro atoms. The number of hydrogen-bond acceptors (Lipinski definition) is 2. The summed E-state index contributed by atoms with van der Waals surface area (Å²) in [5.74, 6) is 2.03. The smallest absolute Gasteiger partial charge is 0.0218 e. The lowest BCUT2D eigenvalue weighted by Crippen LogP contribution is -2.57. The third-order valence-corrected chi connectivity index (χ3v) is 6.13. The van der Waals surface area contributed by atoms with Gasteiger partial charge < -0.3 is 5.32 Å². The van der Waals surface area contributed by atoms with E-state index in [0.717, 1.165) is 17.2 Å². The highest BCUT2D eigenvalue weighted by molar-refractivity contribution is 8.00. The van der Waals surface area contributed by atoms with E-state index < -0.39 is 0 Å². The van der Waals surface area contributed by atoms with Crippen molar-refractivity contribution in [2.24, 2.45) is 0 Å². The molecular weight excluding hydrogens is 238 g/mol. The Morgan fingerprint density at radius 2 is 1.94 bits per heavy atom. The van der Waals surface area contributed by atoms with Gasteiger partial charge in [0.15, 0.2) is 0 Å². The number of thioether (sulfide) groups is 1. The van der Waals surface area contributed by atoms with Crippen LogP contribution in [0, 0.1) is 0 Å². The summed E-state index contributed by atoms with van der Waals surface area (Å²) in [7, 11) is 0. The van der Waals surface area contributed by atoms with Gasteiger partial charge in [0.2, 0.25) is 0 Å². The van der Waals surface area contributed by atoms with E-state index in [-0.39, 0.29) is 0 Å². The van der Waals surface area contributed by atoms with Crippen molar-refractivity contribution in [2.45, 2.75) is 55.9 Å². The highest BCUT2D eigenvalue weighted by atomic mass is 32.2. The monoisotopic (exact) mass is 261 g/mol. The van der Waals surface area contributed by atoms with Crippen molar-refractivity contribution in [3.05, 3.63) is 35.9 Å². The zero-order chi connectivity index (χ0) is 12.6. The molecule has 18 heavy (non-hydrogen) atoms. The summed E-state index contributed by atoms with van der Waals surface area (Å²) >= 11 is 2.19. The Bertz CT molecular complexity index is 401. The van der Waals surface area contributed by atoms with Crippen LogP contribution >= 0.6 is 11.8 Å². The molecule has 1 aliphatic carbocycles. The van der Waals surface area contributed by atoms with Gasteiger partial charge in [0.25, 0.3) is 0 Å². The van der Waals surface area contributed by atoms with Crippen LogP contribution in [-0.4, -0.2) is 22.6 Å². The van der Waals surface area contributed by atoms with Crippen LogP contribution in [0.25, 0.3) is 0 Å². The largest absolute Gasteiger partial charge is 0.307 e. The fourth-order valence-electron chi connectivity index (χ4n) is 3.37. The van der Waals surface area contributed by atoms with Gasteiger partial charge in [-0.05, 0) is 44.6 Å². The van der Waals surface area contributed by atoms with E-state index in [1.165, 1.54) is 25.0 Å². The predicted octanol–water partition coefficient (Wildman–Crippen LogP) is 3.81. The van der Waals surface area contributed by atoms with Gasteiger partial charge in [-0.2, -0.15) is 11.8 Å². The average molecular weight is 261 g/mol. The summed E-state index contributed by atoms with van der Waals surface area (Å²) in [6.07, 6.45) is 4.03. The van der Waals surface area contributed by atoms with Gasteiger partial charge in [0.1, 0.15) is 0 Å². The lowest BCUT2D eigenvalue weighted by Gasteiger charge is -2.46. The highest BCUT2D eigenvalue weighted by Crippen LogP contribution is 2.41. The maximum Gasteiger partial charge on any atom is 0.0218 e. The van der Waals surface area contributed by atoms with Crippen molar-refractivity contribution in [1.82, 2.24) is 5.32 Å². The number of nitrogens with one attached hydrogen (secondary N) is 1. The van der Waals surface area contributed by atoms with Crippen molar-refractivity contribution < 1.29 is 0 Å². The van der Waals surface area contributed by atoms with Crippen LogP contribution in [-0.2, 0) is 0 Å². The first kappa shape index (κ1) is 12.6. The van der Waals surface area contributed by atoms with E-state index >= 15 is 0 Å². The minimum Gasteiger partial charge on any atom is -0.307 e. The van der Waals surface area contributed by atoms with Gasteiger partial charge in [-0.25, -0.2) is 0 Å². The van der Waals surface area contributed by atoms with Crippen molar-refractivity contribution in [3.8, 4) is 0 Å². The minimum atomic E-state index is 0.325. The first-order chi connectivity index (χ1) is 8.64. The van der Waals surface area contributed by atoms with Crippen LogP contribution in [0.3, 0.4) is 0 Å². The number of benzene rings is 1. The fourth-order valence-corrected chi connectivity index (χ4v) is 4.88. The third kappa shape index (κ3) is 2.60. The van der Waals surface area contributed by atoms with Crippen LogP contribution in [0.2, 0.25) is 0 Å². The van der Waals surface area contributed by atoms with Crippen LogP contribution in [0.5, 0.6) is 0 Å². The molecule has 1 saturated carbocycles. The molecule has 3 unspecified atom stereocenters. The van der Waals surface area contributed by atoms with Gasteiger partial charge in [-0.3, -0.25) is 0 Å². The standard InChI is InChI=1S/C16H23NS/c1-16(2)11-18-15-10-13(8-9-14(15)17-16)12-6-4-3-5-7-12/h3-7,13-15,17H,8-11H2,1-2H3. The molecule has 2 fully saturated rings. The SMILES string of the molecule is CC1(C)CSC2CC(c3ccccc3)CCC2N1. The maximum absolute atomic E-state index is 3.85. The van der Waals surface area contributed by atoms with Crippen molar-refractivity contribution in [1.29, 1.82) is 0 Å². The first-order valence-corrected chi connectivity index (χ1v) is 8.13. The molecule has 3 rings (SSSR count). The van der Waals surface area contributed by atoms with Crippen LogP contribution in [0.15, 0.2) is 30.3 Å². The summed E-state index contributed by atoms with van der Waals surface area (Å²) in [6.45, 7) is 4.67. The van der Waals surface area contributed by atoms with E-state index in [2.05, 4.69) is 61.3 Å². The van der Waals surface area contributed by atoms with Crippen LogP contribution in [0.1, 0.15) is 44.6 Å². The molecule has 0 radical (unpaired) electrons. The molecule has 1 nitrogen and oxygen atoms in total. The number of rotatable bonds is 1. The Hall–Kier alpha value is -0.470. The normalized spacial score (nSPS) is 34.9. The highest BCUT2D eigenvalue weighted by Gasteiger charge is 2.38. The second-order valence-electron chi connectivity index (χ2n) is 6.40. The average Bonchev–Trinajstić information content (AvgIpc) is 2.38. The maximum atomic E-state index is 3.85. The summed E-state index contributed by atoms with van der Waals surface area (Å²) in [6, 6.07) is 11.8. The lowest BCUT2D eigenvalue weighted by molar-refractivity contribution is 0.277. The zero-order valence-corrected chi connectivity index (χ0v) is 12.2. The summed E-state index contributed by atoms with van der Waals surface area (Å²) in [5.41, 5.74) is 1.87. The molecule has 2 heteroatoms. The Labute approximate surface area is 115 Å². The molecule has 1 aromatic carbocycles. The Balaban J connectivity index is 1.69. The van der Waals surface area contributed by atoms with Gasteiger partial charge >= 0.3 is 0 Å². The minimum absolute atomic E-state index is 0.325. The van der Waals surface area contributed by atoms with Gasteiger partial charge in [0, 0.05) is 22.6 Å². The molecule has 1 aromatic rings. The Morgan fingerprint density at radius 3 is 2.72 bits per heavy atom. The zero-order valence-electron chi connectivity index (χ0n) is 11.4. The fraction of sp³-hybridized carbons (Fsp3) is 0.625. The second-order valence-corrected chi connectivity index (χ2v) is 7.63. The summed E-state index contributed by atoms with van der Waals surface area (Å²) < 4.78 is 0. The quantitative estimate of drug-likeness (QED) is 0.825. The predicted molar refractivity (Wildman–Crippen MR) is 80.3 cm³/mol. The molecule has 1 aliphatic heterocycles. The van der Waals surface area contributed by atoms with E-state index in [4.69, 9.17) is 0 Å². The van der Waals surface area contributed by atoms with Crippen molar-refractivity contribution >= 4 is 11.8 Å². The number of hydrogen-bond donors (Lipinski definition) is 1. The lowest BCUT2D eigenvalue weighted by atomic mass is 9.80. The Kier molecular flexibility index (Phi) is 3.42. The van der Waals surface area contributed by atoms with Crippen LogP contribution in [0.4, 0.5) is 0 Å². The van der Waals surface area contributed by atoms with Crippen molar-refractivity contribution in [2.75, 3.05) is 5.75 Å². The van der Waals surface area contributed by atoms with Gasteiger partial charge in [0.05, 0.1) is 0 Å². The van der Waals surface area contributed by atoms with E-state index in [1.54, 1.807) is 5.56 Å². The second kappa shape index (κ2) is 4.90. The molecule has 2 aliphatic rings. The molecule has 0 amide bonds. The van der Waals surface area contributed by atoms with Gasteiger partial charge in [-0.1, -0.05) is 30.3 Å². The Morgan fingerprint density at radius 1 is 1.17 bits per heavy atom. The molecule has 3 atom stereocenters. The molecule has 1 heterocycles. The van der Waals surface area contributed by atoms with Crippen molar-refractivity contribution in [3.63, 3.8) is 0 Å². The molecule has 1 N–H and O–H groups in total. The first-order valence-electron chi connectivity index (χ1n) is 7.08. The topological polar surface area (TPSA) is 12.0 Å². The van der Waals surface area contributed by atoms with E-state index in [1.807, 2.05) is 0 Å². The van der Waals surface area contributed by atoms with Gasteiger partial charge in [-0.15, -0.1) is 0 Å². The molecule has 0 bridgehead atoms. The molecular formula is C16H23NS. The molecule has 0 aromatic heterocycles. The van der Waals surface area contributed by atoms with E-state index in [0.29, 0.717) is 5.54 Å². The summed E-state index contributed by atoms with van der Waals surface area (Å²) in [4.78, 5) is 0. The molecule has 98 valence electrons. The van der Waals surface area contributed by atoms with E-state index in [9.17, 15) is 0 Å². The molecule has 1 saturated heterocycles. The van der Waals surface area contributed by atoms with Crippen LogP contribution < -0.4 is 5.32 Å².